The van der Waals surface area contributed by atoms with Crippen molar-refractivity contribution in [1.29, 1.82) is 0 Å². The van der Waals surface area contributed by atoms with E-state index < -0.39 is 5.60 Å². The number of nitrogen functional groups attached to an aromatic ring is 1. The summed E-state index contributed by atoms with van der Waals surface area (Å²) in [6, 6.07) is 11.9. The molecule has 0 saturated heterocycles. The Morgan fingerprint density at radius 2 is 2.11 bits per heavy atom. The van der Waals surface area contributed by atoms with E-state index in [9.17, 15) is 5.11 Å². The van der Waals surface area contributed by atoms with Crippen LogP contribution in [0.15, 0.2) is 42.6 Å². The maximum absolute atomic E-state index is 11.0. The molecule has 0 spiro atoms. The SMILES string of the molecule is Nc1cc(CC2(O)CCCc3ccccc32)ccn1. The average Bonchev–Trinajstić information content (AvgIpc) is 2.39. The van der Waals surface area contributed by atoms with Crippen LogP contribution in [0.1, 0.15) is 29.5 Å². The van der Waals surface area contributed by atoms with Crippen molar-refractivity contribution >= 4 is 5.82 Å². The molecular weight excluding hydrogens is 236 g/mol. The summed E-state index contributed by atoms with van der Waals surface area (Å²) in [5.41, 5.74) is 8.30. The number of hydrogen-bond donors (Lipinski definition) is 2. The normalized spacial score (nSPS) is 21.9. The minimum Gasteiger partial charge on any atom is -0.385 e. The molecule has 3 N–H and O–H groups in total. The molecule has 3 nitrogen and oxygen atoms in total. The molecule has 1 atom stereocenters. The average molecular weight is 254 g/mol. The smallest absolute Gasteiger partial charge is 0.123 e. The first kappa shape index (κ1) is 12.2. The van der Waals surface area contributed by atoms with Gasteiger partial charge in [0.2, 0.25) is 0 Å². The van der Waals surface area contributed by atoms with Crippen LogP contribution >= 0.6 is 0 Å². The number of aliphatic hydroxyl groups is 1. The van der Waals surface area contributed by atoms with Crippen LogP contribution in [-0.4, -0.2) is 10.1 Å². The summed E-state index contributed by atoms with van der Waals surface area (Å²) in [5.74, 6) is 0.505. The zero-order valence-corrected chi connectivity index (χ0v) is 10.8. The van der Waals surface area contributed by atoms with Gasteiger partial charge in [-0.3, -0.25) is 0 Å². The Bertz CT molecular complexity index is 597. The third-order valence-electron chi connectivity index (χ3n) is 3.90. The predicted octanol–water partition coefficient (Wildman–Crippen LogP) is 2.43. The molecule has 1 aromatic heterocycles. The largest absolute Gasteiger partial charge is 0.385 e. The molecule has 0 radical (unpaired) electrons. The van der Waals surface area contributed by atoms with E-state index >= 15 is 0 Å². The van der Waals surface area contributed by atoms with Crippen molar-refractivity contribution < 1.29 is 5.11 Å². The van der Waals surface area contributed by atoms with E-state index in [0.717, 1.165) is 30.4 Å². The van der Waals surface area contributed by atoms with Crippen LogP contribution in [0.2, 0.25) is 0 Å². The van der Waals surface area contributed by atoms with Gasteiger partial charge in [0, 0.05) is 12.6 Å². The van der Waals surface area contributed by atoms with Crippen LogP contribution in [0.3, 0.4) is 0 Å². The molecule has 2 aromatic rings. The number of fused-ring (bicyclic) bond motifs is 1. The van der Waals surface area contributed by atoms with Crippen molar-refractivity contribution in [3.8, 4) is 0 Å². The summed E-state index contributed by atoms with van der Waals surface area (Å²) in [6.45, 7) is 0. The molecule has 1 heterocycles. The summed E-state index contributed by atoms with van der Waals surface area (Å²) in [5, 5.41) is 11.0. The zero-order valence-electron chi connectivity index (χ0n) is 10.8. The molecule has 3 heteroatoms. The molecule has 1 unspecified atom stereocenters. The van der Waals surface area contributed by atoms with Crippen LogP contribution in [-0.2, 0) is 18.4 Å². The molecule has 1 aromatic carbocycles. The van der Waals surface area contributed by atoms with E-state index in [1.165, 1.54) is 5.56 Å². The fourth-order valence-electron chi connectivity index (χ4n) is 3.02. The highest BCUT2D eigenvalue weighted by atomic mass is 16.3. The lowest BCUT2D eigenvalue weighted by Gasteiger charge is -2.34. The monoisotopic (exact) mass is 254 g/mol. The Morgan fingerprint density at radius 1 is 1.26 bits per heavy atom. The minimum absolute atomic E-state index is 0.505. The van der Waals surface area contributed by atoms with Crippen molar-refractivity contribution in [2.75, 3.05) is 5.73 Å². The first-order valence-electron chi connectivity index (χ1n) is 6.69. The molecule has 19 heavy (non-hydrogen) atoms. The number of aromatic nitrogens is 1. The maximum atomic E-state index is 11.0. The highest BCUT2D eigenvalue weighted by Crippen LogP contribution is 2.37. The van der Waals surface area contributed by atoms with Crippen molar-refractivity contribution in [2.24, 2.45) is 0 Å². The molecule has 0 fully saturated rings. The van der Waals surface area contributed by atoms with Crippen LogP contribution in [0.25, 0.3) is 0 Å². The van der Waals surface area contributed by atoms with Crippen molar-refractivity contribution in [1.82, 2.24) is 4.98 Å². The van der Waals surface area contributed by atoms with Crippen LogP contribution in [0.5, 0.6) is 0 Å². The van der Waals surface area contributed by atoms with Crippen LogP contribution < -0.4 is 5.73 Å². The van der Waals surface area contributed by atoms with Gasteiger partial charge in [-0.1, -0.05) is 24.3 Å². The second kappa shape index (κ2) is 4.67. The number of aryl methyl sites for hydroxylation is 1. The van der Waals surface area contributed by atoms with Crippen LogP contribution in [0.4, 0.5) is 5.82 Å². The summed E-state index contributed by atoms with van der Waals surface area (Å²) in [7, 11) is 0. The van der Waals surface area contributed by atoms with Crippen molar-refractivity contribution in [3.63, 3.8) is 0 Å². The fourth-order valence-corrected chi connectivity index (χ4v) is 3.02. The number of nitrogens with two attached hydrogens (primary N) is 1. The third-order valence-corrected chi connectivity index (χ3v) is 3.90. The molecule has 3 rings (SSSR count). The number of rotatable bonds is 2. The molecule has 0 amide bonds. The van der Waals surface area contributed by atoms with Crippen molar-refractivity contribution in [3.05, 3.63) is 59.3 Å². The lowest BCUT2D eigenvalue weighted by atomic mass is 9.76. The van der Waals surface area contributed by atoms with E-state index in [1.807, 2.05) is 30.3 Å². The zero-order chi connectivity index (χ0) is 13.3. The summed E-state index contributed by atoms with van der Waals surface area (Å²) in [4.78, 5) is 4.00. The lowest BCUT2D eigenvalue weighted by Crippen LogP contribution is -2.33. The summed E-state index contributed by atoms with van der Waals surface area (Å²) in [6.07, 6.45) is 5.16. The van der Waals surface area contributed by atoms with Gasteiger partial charge in [-0.15, -0.1) is 0 Å². The number of hydrogen-bond acceptors (Lipinski definition) is 3. The Hall–Kier alpha value is -1.87. The van der Waals surface area contributed by atoms with Gasteiger partial charge in [0.25, 0.3) is 0 Å². The standard InChI is InChI=1S/C16H18N2O/c17-15-10-12(7-9-18-15)11-16(19)8-3-5-13-4-1-2-6-14(13)16/h1-2,4,6-7,9-10,19H,3,5,8,11H2,(H2,17,18). The van der Waals surface area contributed by atoms with Gasteiger partial charge in [-0.25, -0.2) is 4.98 Å². The minimum atomic E-state index is -0.775. The molecular formula is C16H18N2O. The lowest BCUT2D eigenvalue weighted by molar-refractivity contribution is 0.0190. The van der Waals surface area contributed by atoms with E-state index in [0.29, 0.717) is 12.2 Å². The van der Waals surface area contributed by atoms with Crippen LogP contribution in [0, 0.1) is 0 Å². The second-order valence-electron chi connectivity index (χ2n) is 5.31. The molecule has 1 aliphatic rings. The van der Waals surface area contributed by atoms with E-state index in [1.54, 1.807) is 6.20 Å². The predicted molar refractivity (Wildman–Crippen MR) is 75.6 cm³/mol. The highest BCUT2D eigenvalue weighted by molar-refractivity contribution is 5.38. The number of nitrogens with zero attached hydrogens (tertiary/aromatic N) is 1. The molecule has 0 bridgehead atoms. The molecule has 98 valence electrons. The fraction of sp³-hybridized carbons (Fsp3) is 0.312. The number of anilines is 1. The number of pyridine rings is 1. The molecule has 1 aliphatic carbocycles. The molecule has 0 aliphatic heterocycles. The van der Waals surface area contributed by atoms with E-state index in [4.69, 9.17) is 5.73 Å². The maximum Gasteiger partial charge on any atom is 0.123 e. The first-order chi connectivity index (χ1) is 9.17. The Balaban J connectivity index is 1.96. The molecule has 0 saturated carbocycles. The Labute approximate surface area is 113 Å². The Kier molecular flexibility index (Phi) is 2.99. The highest BCUT2D eigenvalue weighted by Gasteiger charge is 2.34. The Morgan fingerprint density at radius 3 is 2.95 bits per heavy atom. The van der Waals surface area contributed by atoms with Gasteiger partial charge < -0.3 is 10.8 Å². The quantitative estimate of drug-likeness (QED) is 0.865. The third kappa shape index (κ3) is 2.34. The van der Waals surface area contributed by atoms with Gasteiger partial charge in [-0.2, -0.15) is 0 Å². The van der Waals surface area contributed by atoms with E-state index in [2.05, 4.69) is 11.1 Å². The van der Waals surface area contributed by atoms with E-state index in [-0.39, 0.29) is 0 Å². The van der Waals surface area contributed by atoms with Gasteiger partial charge >= 0.3 is 0 Å². The van der Waals surface area contributed by atoms with Gasteiger partial charge in [0.15, 0.2) is 0 Å². The van der Waals surface area contributed by atoms with Crippen molar-refractivity contribution in [2.45, 2.75) is 31.3 Å². The van der Waals surface area contributed by atoms with Gasteiger partial charge in [0.05, 0.1) is 5.60 Å². The van der Waals surface area contributed by atoms with Gasteiger partial charge in [0.1, 0.15) is 5.82 Å². The first-order valence-corrected chi connectivity index (χ1v) is 6.69. The topological polar surface area (TPSA) is 59.1 Å². The number of benzene rings is 1. The summed E-state index contributed by atoms with van der Waals surface area (Å²) >= 11 is 0. The van der Waals surface area contributed by atoms with Gasteiger partial charge in [-0.05, 0) is 48.1 Å². The second-order valence-corrected chi connectivity index (χ2v) is 5.31. The summed E-state index contributed by atoms with van der Waals surface area (Å²) < 4.78 is 0.